The number of amides is 2. The van der Waals surface area contributed by atoms with E-state index in [1.54, 1.807) is 0 Å². The first-order valence-corrected chi connectivity index (χ1v) is 9.05. The Hall–Kier alpha value is -1.84. The molecule has 0 bridgehead atoms. The molecule has 1 unspecified atom stereocenters. The molecule has 130 valence electrons. The lowest BCUT2D eigenvalue weighted by Crippen LogP contribution is -2.46. The molecular weight excluding hydrogens is 300 g/mol. The third kappa shape index (κ3) is 3.97. The number of carbonyl (C=O) groups excluding carboxylic acids is 2. The highest BCUT2D eigenvalue weighted by atomic mass is 16.2. The van der Waals surface area contributed by atoms with Crippen molar-refractivity contribution in [1.29, 1.82) is 0 Å². The van der Waals surface area contributed by atoms with E-state index in [1.807, 2.05) is 40.1 Å². The lowest BCUT2D eigenvalue weighted by Gasteiger charge is -2.34. The highest BCUT2D eigenvalue weighted by Crippen LogP contribution is 2.31. The van der Waals surface area contributed by atoms with E-state index in [4.69, 9.17) is 0 Å². The fraction of sp³-hybridized carbons (Fsp3) is 0.600. The molecule has 0 saturated carbocycles. The van der Waals surface area contributed by atoms with Gasteiger partial charge < -0.3 is 9.80 Å². The number of benzene rings is 1. The van der Waals surface area contributed by atoms with Gasteiger partial charge in [0.25, 0.3) is 0 Å². The quantitative estimate of drug-likeness (QED) is 0.856. The molecule has 2 saturated heterocycles. The molecule has 0 N–H and O–H groups in total. The molecular formula is C20H28N2O2. The molecule has 4 nitrogen and oxygen atoms in total. The summed E-state index contributed by atoms with van der Waals surface area (Å²) in [7, 11) is 0. The Morgan fingerprint density at radius 1 is 1.12 bits per heavy atom. The Labute approximate surface area is 144 Å². The number of carbonyl (C=O) groups is 2. The molecule has 0 spiro atoms. The van der Waals surface area contributed by atoms with Crippen LogP contribution in [0.25, 0.3) is 0 Å². The van der Waals surface area contributed by atoms with Crippen LogP contribution in [0.1, 0.15) is 38.7 Å². The molecule has 0 aliphatic carbocycles. The highest BCUT2D eigenvalue weighted by Gasteiger charge is 2.37. The van der Waals surface area contributed by atoms with Gasteiger partial charge in [0.2, 0.25) is 11.8 Å². The van der Waals surface area contributed by atoms with Crippen molar-refractivity contribution in [2.45, 2.75) is 39.5 Å². The summed E-state index contributed by atoms with van der Waals surface area (Å²) in [6.07, 6.45) is 3.33. The summed E-state index contributed by atoms with van der Waals surface area (Å²) in [5.74, 6) is 0.366. The Bertz CT molecular complexity index is 597. The van der Waals surface area contributed by atoms with Crippen molar-refractivity contribution in [2.75, 3.05) is 26.2 Å². The third-order valence-corrected chi connectivity index (χ3v) is 5.31. The van der Waals surface area contributed by atoms with Gasteiger partial charge in [-0.15, -0.1) is 0 Å². The van der Waals surface area contributed by atoms with Crippen LogP contribution in [0, 0.1) is 11.3 Å². The predicted molar refractivity (Wildman–Crippen MR) is 94.4 cm³/mol. The van der Waals surface area contributed by atoms with E-state index in [0.29, 0.717) is 13.0 Å². The van der Waals surface area contributed by atoms with Gasteiger partial charge >= 0.3 is 0 Å². The van der Waals surface area contributed by atoms with Crippen molar-refractivity contribution in [2.24, 2.45) is 11.3 Å². The molecule has 2 amide bonds. The maximum Gasteiger partial charge on any atom is 0.227 e. The fourth-order valence-corrected chi connectivity index (χ4v) is 3.85. The minimum atomic E-state index is -0.0210. The first-order chi connectivity index (χ1) is 11.4. The van der Waals surface area contributed by atoms with E-state index in [1.165, 1.54) is 0 Å². The van der Waals surface area contributed by atoms with Crippen LogP contribution >= 0.6 is 0 Å². The van der Waals surface area contributed by atoms with Gasteiger partial charge in [-0.25, -0.2) is 0 Å². The summed E-state index contributed by atoms with van der Waals surface area (Å²) in [6.45, 7) is 7.51. The maximum absolute atomic E-state index is 12.8. The molecule has 1 atom stereocenters. The second-order valence-corrected chi connectivity index (χ2v) is 8.02. The number of hydrogen-bond acceptors (Lipinski definition) is 2. The Morgan fingerprint density at radius 2 is 1.88 bits per heavy atom. The summed E-state index contributed by atoms with van der Waals surface area (Å²) in [4.78, 5) is 29.3. The maximum atomic E-state index is 12.8. The molecule has 3 rings (SSSR count). The van der Waals surface area contributed by atoms with Crippen LogP contribution in [-0.2, 0) is 16.0 Å². The lowest BCUT2D eigenvalue weighted by atomic mass is 9.93. The van der Waals surface area contributed by atoms with Gasteiger partial charge in [0, 0.05) is 26.2 Å². The Kier molecular flexibility index (Phi) is 4.93. The minimum Gasteiger partial charge on any atom is -0.342 e. The van der Waals surface area contributed by atoms with Gasteiger partial charge in [-0.1, -0.05) is 44.2 Å². The first-order valence-electron chi connectivity index (χ1n) is 9.05. The van der Waals surface area contributed by atoms with Crippen LogP contribution in [0.5, 0.6) is 0 Å². The van der Waals surface area contributed by atoms with Gasteiger partial charge in [0.15, 0.2) is 0 Å². The van der Waals surface area contributed by atoms with Gasteiger partial charge in [0.05, 0.1) is 12.3 Å². The molecule has 1 aromatic rings. The second kappa shape index (κ2) is 6.96. The van der Waals surface area contributed by atoms with E-state index >= 15 is 0 Å². The van der Waals surface area contributed by atoms with E-state index in [9.17, 15) is 9.59 Å². The predicted octanol–water partition coefficient (Wildman–Crippen LogP) is 2.73. The first kappa shape index (κ1) is 17.0. The van der Waals surface area contributed by atoms with Crippen LogP contribution in [0.4, 0.5) is 0 Å². The second-order valence-electron chi connectivity index (χ2n) is 8.02. The standard InChI is InChI=1S/C20H28N2O2/c1-20(2)10-12-22(15-20)19(24)17-9-6-11-21(14-17)18(23)13-16-7-4-3-5-8-16/h3-5,7-8,17H,6,9-15H2,1-2H3. The SMILES string of the molecule is CC1(C)CCN(C(=O)C2CCCN(C(=O)Cc3ccccc3)C2)C1. The van der Waals surface area contributed by atoms with Crippen molar-refractivity contribution in [3.8, 4) is 0 Å². The molecule has 1 aromatic carbocycles. The molecule has 2 heterocycles. The van der Waals surface area contributed by atoms with Crippen molar-refractivity contribution in [3.63, 3.8) is 0 Å². The number of nitrogens with zero attached hydrogens (tertiary/aromatic N) is 2. The normalized spacial score (nSPS) is 23.3. The smallest absolute Gasteiger partial charge is 0.227 e. The van der Waals surface area contributed by atoms with Crippen molar-refractivity contribution < 1.29 is 9.59 Å². The molecule has 0 radical (unpaired) electrons. The zero-order valence-electron chi connectivity index (χ0n) is 14.8. The van der Waals surface area contributed by atoms with E-state index in [-0.39, 0.29) is 23.1 Å². The van der Waals surface area contributed by atoms with Gasteiger partial charge in [-0.2, -0.15) is 0 Å². The number of likely N-dealkylation sites (tertiary alicyclic amines) is 2. The average Bonchev–Trinajstić information content (AvgIpc) is 2.95. The Balaban J connectivity index is 1.58. The largest absolute Gasteiger partial charge is 0.342 e. The van der Waals surface area contributed by atoms with E-state index < -0.39 is 0 Å². The summed E-state index contributed by atoms with van der Waals surface area (Å²) in [6, 6.07) is 9.84. The third-order valence-electron chi connectivity index (χ3n) is 5.31. The summed E-state index contributed by atoms with van der Waals surface area (Å²) < 4.78 is 0. The lowest BCUT2D eigenvalue weighted by molar-refractivity contribution is -0.140. The van der Waals surface area contributed by atoms with Gasteiger partial charge in [-0.3, -0.25) is 9.59 Å². The van der Waals surface area contributed by atoms with Crippen molar-refractivity contribution in [3.05, 3.63) is 35.9 Å². The monoisotopic (exact) mass is 328 g/mol. The summed E-state index contributed by atoms with van der Waals surface area (Å²) in [5.41, 5.74) is 1.27. The van der Waals surface area contributed by atoms with Gasteiger partial charge in [-0.05, 0) is 30.2 Å². The van der Waals surface area contributed by atoms with E-state index in [0.717, 1.165) is 44.5 Å². The molecule has 24 heavy (non-hydrogen) atoms. The van der Waals surface area contributed by atoms with Gasteiger partial charge in [0.1, 0.15) is 0 Å². The van der Waals surface area contributed by atoms with Crippen molar-refractivity contribution >= 4 is 11.8 Å². The van der Waals surface area contributed by atoms with Crippen LogP contribution < -0.4 is 0 Å². The van der Waals surface area contributed by atoms with E-state index in [2.05, 4.69) is 13.8 Å². The van der Waals surface area contributed by atoms with Crippen LogP contribution in [0.15, 0.2) is 30.3 Å². The number of hydrogen-bond donors (Lipinski definition) is 0. The summed E-state index contributed by atoms with van der Waals surface area (Å²) >= 11 is 0. The molecule has 2 aliphatic heterocycles. The zero-order chi connectivity index (χ0) is 17.2. The zero-order valence-corrected chi connectivity index (χ0v) is 14.8. The minimum absolute atomic E-state index is 0.0210. The molecule has 0 aromatic heterocycles. The fourth-order valence-electron chi connectivity index (χ4n) is 3.85. The summed E-state index contributed by atoms with van der Waals surface area (Å²) in [5, 5.41) is 0. The molecule has 2 fully saturated rings. The van der Waals surface area contributed by atoms with Crippen LogP contribution in [0.2, 0.25) is 0 Å². The highest BCUT2D eigenvalue weighted by molar-refractivity contribution is 5.82. The topological polar surface area (TPSA) is 40.6 Å². The average molecular weight is 328 g/mol. The molecule has 4 heteroatoms. The Morgan fingerprint density at radius 3 is 2.54 bits per heavy atom. The van der Waals surface area contributed by atoms with Crippen LogP contribution in [0.3, 0.4) is 0 Å². The number of piperidine rings is 1. The molecule has 2 aliphatic rings. The van der Waals surface area contributed by atoms with Crippen molar-refractivity contribution in [1.82, 2.24) is 9.80 Å². The van der Waals surface area contributed by atoms with Crippen LogP contribution in [-0.4, -0.2) is 47.8 Å². The number of rotatable bonds is 3.